The van der Waals surface area contributed by atoms with Crippen molar-refractivity contribution < 1.29 is 26.5 Å². The largest absolute Gasteiger partial charge is 0.328 e. The minimum absolute atomic E-state index is 0.736. The summed E-state index contributed by atoms with van der Waals surface area (Å²) in [5.74, 6) is -6.18. The van der Waals surface area contributed by atoms with E-state index in [9.17, 15) is 31.7 Å². The minimum Gasteiger partial charge on any atom is -0.258 e. The third kappa shape index (κ3) is 2.20. The molecule has 0 aliphatic heterocycles. The fourth-order valence-corrected chi connectivity index (χ4v) is 2.62. The van der Waals surface area contributed by atoms with E-state index in [0.29, 0.717) is 0 Å². The van der Waals surface area contributed by atoms with E-state index in [1.165, 1.54) is 0 Å². The maximum Gasteiger partial charge on any atom is 0.328 e. The Kier molecular flexibility index (Phi) is 3.35. The van der Waals surface area contributed by atoms with Crippen molar-refractivity contribution in [2.24, 2.45) is 0 Å². The van der Waals surface area contributed by atoms with Gasteiger partial charge in [-0.25, -0.2) is 17.2 Å². The third-order valence-corrected chi connectivity index (χ3v) is 3.35. The molecule has 17 heavy (non-hydrogen) atoms. The fraction of sp³-hybridized carbons (Fsp3) is 0.143. The number of halogens is 4. The second-order valence-electron chi connectivity index (χ2n) is 2.94. The fourth-order valence-electron chi connectivity index (χ4n) is 1.20. The van der Waals surface area contributed by atoms with Crippen LogP contribution in [0.2, 0.25) is 0 Å². The third-order valence-electron chi connectivity index (χ3n) is 1.90. The van der Waals surface area contributed by atoms with Crippen LogP contribution in [0.5, 0.6) is 0 Å². The first-order chi connectivity index (χ1) is 7.59. The lowest BCUT2D eigenvalue weighted by molar-refractivity contribution is -0.391. The molecule has 10 heteroatoms. The van der Waals surface area contributed by atoms with E-state index < -0.39 is 47.6 Å². The summed E-state index contributed by atoms with van der Waals surface area (Å²) in [6.45, 7) is 0.736. The van der Waals surface area contributed by atoms with Crippen LogP contribution in [0.1, 0.15) is 5.56 Å². The molecular formula is C7H3ClF3NO4S. The molecule has 0 saturated heterocycles. The Morgan fingerprint density at radius 3 is 2.00 bits per heavy atom. The van der Waals surface area contributed by atoms with Crippen molar-refractivity contribution in [1.29, 1.82) is 0 Å². The molecule has 0 aromatic heterocycles. The summed E-state index contributed by atoms with van der Waals surface area (Å²) in [5, 5.41) is 10.5. The van der Waals surface area contributed by atoms with E-state index in [-0.39, 0.29) is 0 Å². The van der Waals surface area contributed by atoms with Crippen molar-refractivity contribution in [3.8, 4) is 0 Å². The molecule has 0 fully saturated rings. The van der Waals surface area contributed by atoms with Crippen LogP contribution < -0.4 is 0 Å². The normalized spacial score (nSPS) is 11.6. The Hall–Kier alpha value is -1.35. The van der Waals surface area contributed by atoms with Crippen molar-refractivity contribution in [2.45, 2.75) is 11.8 Å². The number of nitro groups is 1. The van der Waals surface area contributed by atoms with E-state index in [2.05, 4.69) is 0 Å². The Morgan fingerprint density at radius 1 is 1.18 bits per heavy atom. The van der Waals surface area contributed by atoms with E-state index >= 15 is 0 Å². The molecule has 0 aliphatic rings. The van der Waals surface area contributed by atoms with Gasteiger partial charge in [0.1, 0.15) is 0 Å². The molecule has 0 heterocycles. The number of benzene rings is 1. The molecule has 5 nitrogen and oxygen atoms in total. The average molecular weight is 290 g/mol. The molecule has 0 N–H and O–H groups in total. The van der Waals surface area contributed by atoms with Gasteiger partial charge in [-0.05, 0) is 6.92 Å². The van der Waals surface area contributed by atoms with Crippen molar-refractivity contribution in [3.05, 3.63) is 33.1 Å². The monoisotopic (exact) mass is 289 g/mol. The lowest BCUT2D eigenvalue weighted by Crippen LogP contribution is -2.09. The molecule has 0 unspecified atom stereocenters. The molecular weight excluding hydrogens is 287 g/mol. The summed E-state index contributed by atoms with van der Waals surface area (Å²) in [7, 11) is 0.0343. The van der Waals surface area contributed by atoms with E-state index in [0.717, 1.165) is 6.92 Å². The van der Waals surface area contributed by atoms with Crippen LogP contribution >= 0.6 is 10.7 Å². The van der Waals surface area contributed by atoms with E-state index in [1.807, 2.05) is 0 Å². The quantitative estimate of drug-likeness (QED) is 0.362. The molecule has 0 spiro atoms. The van der Waals surface area contributed by atoms with Crippen molar-refractivity contribution in [2.75, 3.05) is 0 Å². The van der Waals surface area contributed by atoms with Gasteiger partial charge in [-0.3, -0.25) is 10.1 Å². The van der Waals surface area contributed by atoms with Crippen LogP contribution in [-0.4, -0.2) is 13.3 Å². The zero-order chi connectivity index (χ0) is 13.5. The molecule has 0 atom stereocenters. The summed E-state index contributed by atoms with van der Waals surface area (Å²) >= 11 is 0. The second kappa shape index (κ2) is 4.15. The minimum atomic E-state index is -4.79. The van der Waals surface area contributed by atoms with Gasteiger partial charge in [-0.15, -0.1) is 0 Å². The van der Waals surface area contributed by atoms with Crippen LogP contribution in [0.4, 0.5) is 18.9 Å². The molecule has 0 radical (unpaired) electrons. The highest BCUT2D eigenvalue weighted by Crippen LogP contribution is 2.35. The lowest BCUT2D eigenvalue weighted by atomic mass is 10.2. The lowest BCUT2D eigenvalue weighted by Gasteiger charge is -2.06. The summed E-state index contributed by atoms with van der Waals surface area (Å²) in [6.07, 6.45) is 0. The van der Waals surface area contributed by atoms with Crippen LogP contribution in [-0.2, 0) is 9.05 Å². The van der Waals surface area contributed by atoms with Crippen LogP contribution in [0.3, 0.4) is 0 Å². The Bertz CT molecular complexity index is 616. The van der Waals surface area contributed by atoms with Crippen LogP contribution in [0.25, 0.3) is 0 Å². The average Bonchev–Trinajstić information content (AvgIpc) is 2.17. The Balaban J connectivity index is 4.00. The topological polar surface area (TPSA) is 77.3 Å². The number of rotatable bonds is 2. The summed E-state index contributed by atoms with van der Waals surface area (Å²) < 4.78 is 61.1. The zero-order valence-electron chi connectivity index (χ0n) is 8.00. The number of hydrogen-bond donors (Lipinski definition) is 0. The highest BCUT2D eigenvalue weighted by molar-refractivity contribution is 8.13. The molecule has 0 aliphatic carbocycles. The van der Waals surface area contributed by atoms with Gasteiger partial charge in [-0.2, -0.15) is 4.39 Å². The molecule has 1 aromatic rings. The molecule has 1 rings (SSSR count). The predicted molar refractivity (Wildman–Crippen MR) is 50.7 cm³/mol. The van der Waals surface area contributed by atoms with Crippen molar-refractivity contribution in [3.63, 3.8) is 0 Å². The summed E-state index contributed by atoms with van der Waals surface area (Å²) in [4.78, 5) is 7.58. The SMILES string of the molecule is Cc1c(F)c(F)c(F)c([N+](=O)[O-])c1S(=O)(=O)Cl. The number of hydrogen-bond acceptors (Lipinski definition) is 4. The molecule has 0 saturated carbocycles. The first-order valence-electron chi connectivity index (χ1n) is 3.85. The smallest absolute Gasteiger partial charge is 0.258 e. The van der Waals surface area contributed by atoms with Gasteiger partial charge in [0, 0.05) is 16.2 Å². The molecule has 94 valence electrons. The van der Waals surface area contributed by atoms with Gasteiger partial charge in [0.05, 0.1) is 4.92 Å². The predicted octanol–water partition coefficient (Wildman–Crippen LogP) is 2.25. The van der Waals surface area contributed by atoms with Crippen molar-refractivity contribution in [1.82, 2.24) is 0 Å². The van der Waals surface area contributed by atoms with E-state index in [4.69, 9.17) is 10.7 Å². The molecule has 1 aromatic carbocycles. The first-order valence-corrected chi connectivity index (χ1v) is 6.16. The van der Waals surface area contributed by atoms with Crippen LogP contribution in [0, 0.1) is 34.5 Å². The maximum absolute atomic E-state index is 13.1. The maximum atomic E-state index is 13.1. The summed E-state index contributed by atoms with van der Waals surface area (Å²) in [6, 6.07) is 0. The van der Waals surface area contributed by atoms with Gasteiger partial charge in [-0.1, -0.05) is 0 Å². The van der Waals surface area contributed by atoms with Gasteiger partial charge < -0.3 is 0 Å². The van der Waals surface area contributed by atoms with Crippen LogP contribution in [0.15, 0.2) is 4.90 Å². The Morgan fingerprint density at radius 2 is 1.65 bits per heavy atom. The second-order valence-corrected chi connectivity index (χ2v) is 5.44. The van der Waals surface area contributed by atoms with E-state index in [1.54, 1.807) is 0 Å². The van der Waals surface area contributed by atoms with Crippen molar-refractivity contribution >= 4 is 25.4 Å². The molecule has 0 amide bonds. The number of nitro benzene ring substituents is 1. The standard InChI is InChI=1S/C7H3ClF3NO4S/c1-2-3(9)4(10)5(11)6(12(13)14)7(2)17(8,15)16/h1H3. The Labute approximate surface area is 97.4 Å². The number of nitrogens with zero attached hydrogens (tertiary/aromatic N) is 1. The highest BCUT2D eigenvalue weighted by atomic mass is 35.7. The zero-order valence-corrected chi connectivity index (χ0v) is 9.57. The summed E-state index contributed by atoms with van der Waals surface area (Å²) in [5.41, 5.74) is -2.66. The molecule has 0 bridgehead atoms. The van der Waals surface area contributed by atoms with Gasteiger partial charge >= 0.3 is 5.69 Å². The van der Waals surface area contributed by atoms with Gasteiger partial charge in [0.15, 0.2) is 10.7 Å². The van der Waals surface area contributed by atoms with Gasteiger partial charge in [0.2, 0.25) is 11.6 Å². The van der Waals surface area contributed by atoms with Gasteiger partial charge in [0.25, 0.3) is 9.05 Å². The highest BCUT2D eigenvalue weighted by Gasteiger charge is 2.36. The first kappa shape index (κ1) is 13.7.